The van der Waals surface area contributed by atoms with Gasteiger partial charge in [-0.05, 0) is 19.1 Å². The molecular weight excluding hydrogens is 234 g/mol. The Kier molecular flexibility index (Phi) is 4.31. The lowest BCUT2D eigenvalue weighted by Gasteiger charge is -2.22. The van der Waals surface area contributed by atoms with Gasteiger partial charge in [0.1, 0.15) is 11.5 Å². The summed E-state index contributed by atoms with van der Waals surface area (Å²) in [6.45, 7) is 6.09. The van der Waals surface area contributed by atoms with Crippen LogP contribution in [0.2, 0.25) is 0 Å². The van der Waals surface area contributed by atoms with Crippen molar-refractivity contribution in [2.75, 3.05) is 6.54 Å². The van der Waals surface area contributed by atoms with Crippen LogP contribution in [0, 0.1) is 6.92 Å². The van der Waals surface area contributed by atoms with E-state index in [1.165, 1.54) is 0 Å². The van der Waals surface area contributed by atoms with E-state index in [1.54, 1.807) is 0 Å². The Morgan fingerprint density at radius 2 is 2.06 bits per heavy atom. The summed E-state index contributed by atoms with van der Waals surface area (Å²) in [4.78, 5) is 21.6. The highest BCUT2D eigenvalue weighted by Crippen LogP contribution is 2.24. The minimum Gasteiger partial charge on any atom is -0.478 e. The van der Waals surface area contributed by atoms with E-state index >= 15 is 0 Å². The van der Waals surface area contributed by atoms with E-state index in [0.29, 0.717) is 6.54 Å². The van der Waals surface area contributed by atoms with E-state index in [-0.39, 0.29) is 5.41 Å². The van der Waals surface area contributed by atoms with Crippen molar-refractivity contribution < 1.29 is 19.1 Å². The number of furan rings is 1. The lowest BCUT2D eigenvalue weighted by atomic mass is 9.90. The Bertz CT molecular complexity index is 471. The molecule has 0 saturated heterocycles. The van der Waals surface area contributed by atoms with E-state index in [0.717, 1.165) is 23.7 Å². The maximum absolute atomic E-state index is 11.3. The van der Waals surface area contributed by atoms with Crippen molar-refractivity contribution in [1.82, 2.24) is 5.32 Å². The predicted molar refractivity (Wildman–Crippen MR) is 66.3 cm³/mol. The van der Waals surface area contributed by atoms with Gasteiger partial charge in [0.2, 0.25) is 5.91 Å². The summed E-state index contributed by atoms with van der Waals surface area (Å²) < 4.78 is 5.52. The van der Waals surface area contributed by atoms with E-state index in [4.69, 9.17) is 9.52 Å². The van der Waals surface area contributed by atoms with Crippen LogP contribution in [0.5, 0.6) is 0 Å². The molecule has 0 fully saturated rings. The Labute approximate surface area is 105 Å². The van der Waals surface area contributed by atoms with Crippen LogP contribution in [0.4, 0.5) is 0 Å². The molecule has 0 radical (unpaired) electrons. The van der Waals surface area contributed by atoms with Crippen LogP contribution in [0.15, 0.2) is 28.7 Å². The summed E-state index contributed by atoms with van der Waals surface area (Å²) in [7, 11) is 0. The van der Waals surface area contributed by atoms with Crippen molar-refractivity contribution >= 4 is 11.9 Å². The number of hydrogen-bond donors (Lipinski definition) is 2. The third-order valence-corrected chi connectivity index (χ3v) is 2.49. The van der Waals surface area contributed by atoms with Crippen LogP contribution in [-0.2, 0) is 15.0 Å². The lowest BCUT2D eigenvalue weighted by Crippen LogP contribution is -2.35. The van der Waals surface area contributed by atoms with Gasteiger partial charge in [-0.25, -0.2) is 4.79 Å². The fourth-order valence-electron chi connectivity index (χ4n) is 1.40. The zero-order valence-corrected chi connectivity index (χ0v) is 10.7. The van der Waals surface area contributed by atoms with Crippen molar-refractivity contribution in [1.29, 1.82) is 0 Å². The third-order valence-electron chi connectivity index (χ3n) is 2.49. The highest BCUT2D eigenvalue weighted by molar-refractivity contribution is 5.93. The second kappa shape index (κ2) is 5.53. The minimum absolute atomic E-state index is 0.346. The standard InChI is InChI=1S/C13H17NO4/c1-9-4-5-10(18-9)13(2,3)8-14-11(15)6-7-12(16)17/h4-7H,8H2,1-3H3,(H,14,15)(H,16,17)/b7-6+. The number of aryl methyl sites for hydroxylation is 1. The number of carboxylic acid groups (broad SMARTS) is 1. The molecule has 1 heterocycles. The first kappa shape index (κ1) is 14.0. The number of aliphatic carboxylic acids is 1. The SMILES string of the molecule is Cc1ccc(C(C)(C)CNC(=O)/C=C/C(=O)O)o1. The minimum atomic E-state index is -1.15. The monoisotopic (exact) mass is 251 g/mol. The van der Waals surface area contributed by atoms with E-state index in [1.807, 2.05) is 32.9 Å². The molecule has 2 N–H and O–H groups in total. The molecular formula is C13H17NO4. The van der Waals surface area contributed by atoms with Crippen LogP contribution >= 0.6 is 0 Å². The Morgan fingerprint density at radius 3 is 2.56 bits per heavy atom. The summed E-state index contributed by atoms with van der Waals surface area (Å²) in [6.07, 6.45) is 1.80. The number of carboxylic acids is 1. The molecule has 0 aliphatic heterocycles. The molecule has 18 heavy (non-hydrogen) atoms. The molecule has 0 aliphatic carbocycles. The molecule has 0 unspecified atom stereocenters. The maximum Gasteiger partial charge on any atom is 0.328 e. The number of amides is 1. The zero-order chi connectivity index (χ0) is 13.8. The highest BCUT2D eigenvalue weighted by atomic mass is 16.4. The van der Waals surface area contributed by atoms with Crippen LogP contribution in [0.25, 0.3) is 0 Å². The van der Waals surface area contributed by atoms with Crippen molar-refractivity contribution in [2.24, 2.45) is 0 Å². The van der Waals surface area contributed by atoms with Crippen LogP contribution in [0.1, 0.15) is 25.4 Å². The molecule has 1 aromatic heterocycles. The van der Waals surface area contributed by atoms with E-state index in [9.17, 15) is 9.59 Å². The molecule has 5 nitrogen and oxygen atoms in total. The second-order valence-electron chi connectivity index (χ2n) is 4.68. The molecule has 1 amide bonds. The highest BCUT2D eigenvalue weighted by Gasteiger charge is 2.24. The maximum atomic E-state index is 11.3. The third kappa shape index (κ3) is 4.08. The topological polar surface area (TPSA) is 79.5 Å². The van der Waals surface area contributed by atoms with Crippen LogP contribution in [-0.4, -0.2) is 23.5 Å². The fourth-order valence-corrected chi connectivity index (χ4v) is 1.40. The van der Waals surface area contributed by atoms with Crippen molar-refractivity contribution in [3.05, 3.63) is 35.8 Å². The number of hydrogen-bond acceptors (Lipinski definition) is 3. The van der Waals surface area contributed by atoms with Crippen molar-refractivity contribution in [3.8, 4) is 0 Å². The Morgan fingerprint density at radius 1 is 1.39 bits per heavy atom. The van der Waals surface area contributed by atoms with Gasteiger partial charge in [-0.1, -0.05) is 13.8 Å². The summed E-state index contributed by atoms with van der Waals surface area (Å²) in [5.41, 5.74) is -0.346. The molecule has 5 heteroatoms. The van der Waals surface area contributed by atoms with E-state index < -0.39 is 11.9 Å². The zero-order valence-electron chi connectivity index (χ0n) is 10.7. The second-order valence-corrected chi connectivity index (χ2v) is 4.68. The largest absolute Gasteiger partial charge is 0.478 e. The number of carbonyl (C=O) groups is 2. The quantitative estimate of drug-likeness (QED) is 0.779. The predicted octanol–water partition coefficient (Wildman–Crippen LogP) is 1.62. The molecule has 1 aromatic rings. The van der Waals surface area contributed by atoms with Crippen molar-refractivity contribution in [3.63, 3.8) is 0 Å². The average molecular weight is 251 g/mol. The molecule has 1 rings (SSSR count). The molecule has 0 saturated carbocycles. The Balaban J connectivity index is 2.57. The first-order valence-corrected chi connectivity index (χ1v) is 5.57. The van der Waals surface area contributed by atoms with E-state index in [2.05, 4.69) is 5.32 Å². The number of nitrogens with one attached hydrogen (secondary N) is 1. The van der Waals surface area contributed by atoms with Gasteiger partial charge in [-0.2, -0.15) is 0 Å². The average Bonchev–Trinajstić information content (AvgIpc) is 2.71. The smallest absolute Gasteiger partial charge is 0.328 e. The summed E-state index contributed by atoms with van der Waals surface area (Å²) in [5, 5.41) is 11.0. The summed E-state index contributed by atoms with van der Waals surface area (Å²) in [6, 6.07) is 3.73. The van der Waals surface area contributed by atoms with Gasteiger partial charge in [0.15, 0.2) is 0 Å². The van der Waals surface area contributed by atoms with Gasteiger partial charge in [-0.15, -0.1) is 0 Å². The van der Waals surface area contributed by atoms with Gasteiger partial charge in [-0.3, -0.25) is 4.79 Å². The first-order chi connectivity index (χ1) is 8.31. The van der Waals surface area contributed by atoms with Gasteiger partial charge >= 0.3 is 5.97 Å². The molecule has 0 aromatic carbocycles. The van der Waals surface area contributed by atoms with Crippen molar-refractivity contribution in [2.45, 2.75) is 26.2 Å². The Hall–Kier alpha value is -2.04. The molecule has 0 atom stereocenters. The van der Waals surface area contributed by atoms with Gasteiger partial charge in [0, 0.05) is 24.1 Å². The summed E-state index contributed by atoms with van der Waals surface area (Å²) >= 11 is 0. The van der Waals surface area contributed by atoms with Crippen LogP contribution in [0.3, 0.4) is 0 Å². The fraction of sp³-hybridized carbons (Fsp3) is 0.385. The normalized spacial score (nSPS) is 11.7. The lowest BCUT2D eigenvalue weighted by molar-refractivity contribution is -0.131. The molecule has 0 bridgehead atoms. The molecule has 0 spiro atoms. The summed E-state index contributed by atoms with van der Waals surface area (Å²) in [5.74, 6) is 0.0116. The van der Waals surface area contributed by atoms with Gasteiger partial charge in [0.25, 0.3) is 0 Å². The van der Waals surface area contributed by atoms with Gasteiger partial charge < -0.3 is 14.8 Å². The molecule has 98 valence electrons. The van der Waals surface area contributed by atoms with Gasteiger partial charge in [0.05, 0.1) is 0 Å². The first-order valence-electron chi connectivity index (χ1n) is 5.57. The van der Waals surface area contributed by atoms with Crippen LogP contribution < -0.4 is 5.32 Å². The number of carbonyl (C=O) groups excluding carboxylic acids is 1. The molecule has 0 aliphatic rings. The number of rotatable bonds is 5.